The van der Waals surface area contributed by atoms with Gasteiger partial charge in [0.15, 0.2) is 8.68 Å². The second-order valence-corrected chi connectivity index (χ2v) is 9.15. The Kier molecular flexibility index (Phi) is 11.9. The van der Waals surface area contributed by atoms with Crippen LogP contribution in [0.2, 0.25) is 0 Å². The average molecular weight is 405 g/mol. The molecular weight excluding hydrogens is 376 g/mol. The van der Waals surface area contributed by atoms with Crippen LogP contribution < -0.4 is 10.6 Å². The number of hydrogen-bond donors (Lipinski definition) is 2. The molecule has 9 heteroatoms. The Morgan fingerprint density at radius 1 is 1.04 bits per heavy atom. The Balaban J connectivity index is 2.24. The van der Waals surface area contributed by atoms with Crippen LogP contribution in [-0.2, 0) is 9.59 Å². The zero-order chi connectivity index (χ0) is 18.5. The number of nitrogens with zero attached hydrogens (tertiary/aromatic N) is 2. The summed E-state index contributed by atoms with van der Waals surface area (Å²) < 4.78 is 1.51. The summed E-state index contributed by atoms with van der Waals surface area (Å²) in [7, 11) is 0. The Hall–Kier alpha value is -0.800. The van der Waals surface area contributed by atoms with Gasteiger partial charge in [-0.2, -0.15) is 0 Å². The van der Waals surface area contributed by atoms with E-state index in [0.717, 1.165) is 27.9 Å². The van der Waals surface area contributed by atoms with E-state index in [1.165, 1.54) is 47.7 Å². The van der Waals surface area contributed by atoms with Gasteiger partial charge in [-0.05, 0) is 19.8 Å². The van der Waals surface area contributed by atoms with Crippen LogP contribution in [0, 0.1) is 0 Å². The molecule has 1 atom stereocenters. The third-order valence-electron chi connectivity index (χ3n) is 3.26. The summed E-state index contributed by atoms with van der Waals surface area (Å²) in [6.45, 7) is 6.93. The first-order valence-electron chi connectivity index (χ1n) is 8.70. The summed E-state index contributed by atoms with van der Waals surface area (Å²) in [4.78, 5) is 23.5. The molecule has 0 bridgehead atoms. The summed E-state index contributed by atoms with van der Waals surface area (Å²) in [5.74, 6) is 0.716. The van der Waals surface area contributed by atoms with Gasteiger partial charge in [-0.15, -0.1) is 10.2 Å². The lowest BCUT2D eigenvalue weighted by Gasteiger charge is -2.12. The SMILES string of the molecule is CCCCCC(C)NC(=O)CSc1nnc(SCC(=O)NCCC)s1. The van der Waals surface area contributed by atoms with Gasteiger partial charge < -0.3 is 10.6 Å². The number of amides is 2. The molecule has 25 heavy (non-hydrogen) atoms. The molecule has 1 unspecified atom stereocenters. The van der Waals surface area contributed by atoms with Crippen molar-refractivity contribution in [1.29, 1.82) is 0 Å². The van der Waals surface area contributed by atoms with Crippen LogP contribution in [0.1, 0.15) is 52.9 Å². The van der Waals surface area contributed by atoms with Crippen molar-refractivity contribution < 1.29 is 9.59 Å². The highest BCUT2D eigenvalue weighted by Gasteiger charge is 2.11. The van der Waals surface area contributed by atoms with Gasteiger partial charge >= 0.3 is 0 Å². The highest BCUT2D eigenvalue weighted by molar-refractivity contribution is 8.03. The van der Waals surface area contributed by atoms with Gasteiger partial charge in [0.05, 0.1) is 11.5 Å². The van der Waals surface area contributed by atoms with E-state index in [-0.39, 0.29) is 17.9 Å². The molecule has 1 rings (SSSR count). The molecule has 1 aromatic heterocycles. The van der Waals surface area contributed by atoms with E-state index in [1.807, 2.05) is 13.8 Å². The smallest absolute Gasteiger partial charge is 0.230 e. The molecule has 0 fully saturated rings. The number of unbranched alkanes of at least 4 members (excludes halogenated alkanes) is 2. The normalized spacial score (nSPS) is 12.0. The van der Waals surface area contributed by atoms with Crippen molar-refractivity contribution in [3.63, 3.8) is 0 Å². The maximum atomic E-state index is 11.9. The molecule has 1 aromatic rings. The van der Waals surface area contributed by atoms with Crippen molar-refractivity contribution >= 4 is 46.7 Å². The molecule has 0 aromatic carbocycles. The second kappa shape index (κ2) is 13.4. The Labute approximate surface area is 162 Å². The lowest BCUT2D eigenvalue weighted by Crippen LogP contribution is -2.33. The molecule has 0 saturated carbocycles. The second-order valence-electron chi connectivity index (χ2n) is 5.73. The maximum Gasteiger partial charge on any atom is 0.230 e. The third-order valence-corrected chi connectivity index (χ3v) is 6.45. The lowest BCUT2D eigenvalue weighted by molar-refractivity contribution is -0.119. The third kappa shape index (κ3) is 10.7. The van der Waals surface area contributed by atoms with E-state index in [0.29, 0.717) is 18.1 Å². The first-order chi connectivity index (χ1) is 12.0. The molecule has 1 heterocycles. The molecule has 6 nitrogen and oxygen atoms in total. The summed E-state index contributed by atoms with van der Waals surface area (Å²) in [6, 6.07) is 0.210. The van der Waals surface area contributed by atoms with Crippen LogP contribution in [0.4, 0.5) is 0 Å². The van der Waals surface area contributed by atoms with Gasteiger partial charge in [0.2, 0.25) is 11.8 Å². The highest BCUT2D eigenvalue weighted by Crippen LogP contribution is 2.28. The number of carbonyl (C=O) groups excluding carboxylic acids is 2. The number of thioether (sulfide) groups is 2. The van der Waals surface area contributed by atoms with Crippen molar-refractivity contribution in [3.8, 4) is 0 Å². The monoisotopic (exact) mass is 404 g/mol. The number of aromatic nitrogens is 2. The molecule has 0 aliphatic carbocycles. The molecule has 0 aliphatic heterocycles. The van der Waals surface area contributed by atoms with Gasteiger partial charge in [0.25, 0.3) is 0 Å². The summed E-state index contributed by atoms with van der Waals surface area (Å²) in [6.07, 6.45) is 5.48. The fraction of sp³-hybridized carbons (Fsp3) is 0.750. The minimum absolute atomic E-state index is 0.00712. The summed E-state index contributed by atoms with van der Waals surface area (Å²) in [5, 5.41) is 14.0. The van der Waals surface area contributed by atoms with Crippen molar-refractivity contribution in [2.75, 3.05) is 18.1 Å². The molecule has 0 radical (unpaired) electrons. The quantitative estimate of drug-likeness (QED) is 0.387. The predicted octanol–water partition coefficient (Wildman–Crippen LogP) is 3.33. The molecule has 0 aliphatic rings. The zero-order valence-corrected chi connectivity index (χ0v) is 17.6. The van der Waals surface area contributed by atoms with Crippen LogP contribution in [-0.4, -0.2) is 46.1 Å². The first kappa shape index (κ1) is 22.2. The van der Waals surface area contributed by atoms with Gasteiger partial charge in [0, 0.05) is 12.6 Å². The van der Waals surface area contributed by atoms with E-state index in [1.54, 1.807) is 0 Å². The number of nitrogens with one attached hydrogen (secondary N) is 2. The molecule has 2 N–H and O–H groups in total. The van der Waals surface area contributed by atoms with Gasteiger partial charge in [-0.3, -0.25) is 9.59 Å². The van der Waals surface area contributed by atoms with Crippen LogP contribution in [0.5, 0.6) is 0 Å². The minimum Gasteiger partial charge on any atom is -0.355 e. The van der Waals surface area contributed by atoms with Crippen LogP contribution >= 0.6 is 34.9 Å². The van der Waals surface area contributed by atoms with Gasteiger partial charge in [-0.1, -0.05) is 68.0 Å². The van der Waals surface area contributed by atoms with Crippen LogP contribution in [0.3, 0.4) is 0 Å². The van der Waals surface area contributed by atoms with E-state index in [4.69, 9.17) is 0 Å². The number of rotatable bonds is 13. The van der Waals surface area contributed by atoms with E-state index in [2.05, 4.69) is 27.8 Å². The van der Waals surface area contributed by atoms with E-state index >= 15 is 0 Å². The number of carbonyl (C=O) groups is 2. The Morgan fingerprint density at radius 2 is 1.68 bits per heavy atom. The zero-order valence-electron chi connectivity index (χ0n) is 15.2. The van der Waals surface area contributed by atoms with Crippen molar-refractivity contribution in [3.05, 3.63) is 0 Å². The van der Waals surface area contributed by atoms with Gasteiger partial charge in [0.1, 0.15) is 0 Å². The minimum atomic E-state index is 0.00712. The average Bonchev–Trinajstić information content (AvgIpc) is 3.04. The molecule has 142 valence electrons. The standard InChI is InChI=1S/C16H28N4O2S3/c1-4-6-7-8-12(3)18-14(22)11-24-16-20-19-15(25-16)23-10-13(21)17-9-5-2/h12H,4-11H2,1-3H3,(H,17,21)(H,18,22). The van der Waals surface area contributed by atoms with Crippen molar-refractivity contribution in [2.24, 2.45) is 0 Å². The van der Waals surface area contributed by atoms with E-state index in [9.17, 15) is 9.59 Å². The first-order valence-corrected chi connectivity index (χ1v) is 11.5. The van der Waals surface area contributed by atoms with E-state index < -0.39 is 0 Å². The fourth-order valence-electron chi connectivity index (χ4n) is 1.97. The van der Waals surface area contributed by atoms with Gasteiger partial charge in [-0.25, -0.2) is 0 Å². The Morgan fingerprint density at radius 3 is 2.28 bits per heavy atom. The maximum absolute atomic E-state index is 11.9. The molecule has 2 amide bonds. The summed E-state index contributed by atoms with van der Waals surface area (Å²) in [5.41, 5.74) is 0. The molecule has 0 spiro atoms. The highest BCUT2D eigenvalue weighted by atomic mass is 32.2. The molecular formula is C16H28N4O2S3. The largest absolute Gasteiger partial charge is 0.355 e. The fourth-order valence-corrected chi connectivity index (χ4v) is 4.63. The van der Waals surface area contributed by atoms with Crippen LogP contribution in [0.15, 0.2) is 8.68 Å². The van der Waals surface area contributed by atoms with Crippen molar-refractivity contribution in [1.82, 2.24) is 20.8 Å². The lowest BCUT2D eigenvalue weighted by atomic mass is 10.1. The Bertz CT molecular complexity index is 525. The summed E-state index contributed by atoms with van der Waals surface area (Å²) >= 11 is 4.18. The topological polar surface area (TPSA) is 84.0 Å². The van der Waals surface area contributed by atoms with Crippen LogP contribution in [0.25, 0.3) is 0 Å². The molecule has 0 saturated heterocycles. The van der Waals surface area contributed by atoms with Crippen molar-refractivity contribution in [2.45, 2.75) is 67.6 Å². The predicted molar refractivity (Wildman–Crippen MR) is 106 cm³/mol. The number of hydrogen-bond acceptors (Lipinski definition) is 7.